The maximum absolute atomic E-state index is 8.95. The molecule has 0 heterocycles. The highest BCUT2D eigenvalue weighted by Crippen LogP contribution is 2.46. The summed E-state index contributed by atoms with van der Waals surface area (Å²) in [6.45, 7) is 11.6. The first kappa shape index (κ1) is 25.3. The second-order valence-electron chi connectivity index (χ2n) is 7.87. The van der Waals surface area contributed by atoms with Gasteiger partial charge in [0.05, 0.1) is 38.9 Å². The van der Waals surface area contributed by atoms with Gasteiger partial charge in [-0.1, -0.05) is 27.1 Å². The Morgan fingerprint density at radius 1 is 0.871 bits per heavy atom. The molecule has 1 atom stereocenters. The van der Waals surface area contributed by atoms with Gasteiger partial charge in [0, 0.05) is 36.0 Å². The number of ether oxygens (including phenoxy) is 3. The zero-order valence-corrected chi connectivity index (χ0v) is 21.0. The van der Waals surface area contributed by atoms with E-state index in [1.807, 2.05) is 0 Å². The van der Waals surface area contributed by atoms with Crippen molar-refractivity contribution in [2.24, 2.45) is 0 Å². The van der Waals surface area contributed by atoms with Crippen molar-refractivity contribution in [3.05, 3.63) is 0 Å². The summed E-state index contributed by atoms with van der Waals surface area (Å²) in [7, 11) is -1.44. The minimum atomic E-state index is -1.44. The number of hydrogen-bond donors (Lipinski definition) is 0. The van der Waals surface area contributed by atoms with Crippen LogP contribution in [0.15, 0.2) is 0 Å². The Morgan fingerprint density at radius 3 is 2.00 bits per heavy atom. The number of nitriles is 1. The quantitative estimate of drug-likeness (QED) is 0.159. The molecule has 0 rings (SSSR count). The van der Waals surface area contributed by atoms with Gasteiger partial charge in [-0.15, -0.1) is 0 Å². The first-order valence-electron chi connectivity index (χ1n) is 13.4. The van der Waals surface area contributed by atoms with E-state index < -0.39 is 14.1 Å². The van der Waals surface area contributed by atoms with E-state index in [4.69, 9.17) is 32.6 Å². The molecule has 7 nitrogen and oxygen atoms in total. The molecule has 184 valence electrons. The van der Waals surface area contributed by atoms with Gasteiger partial charge in [0.15, 0.2) is 0 Å². The van der Waals surface area contributed by atoms with Crippen molar-refractivity contribution in [1.82, 2.24) is 4.67 Å². The van der Waals surface area contributed by atoms with Crippen LogP contribution in [0.3, 0.4) is 0 Å². The molecule has 0 N–H and O–H groups in total. The average molecular weight is 466 g/mol. The Hall–Kier alpha value is -0.320. The molecule has 0 aromatic carbocycles. The Labute approximate surface area is 196 Å². The standard InChI is InChI=1S/C23H47N2O5P/c1-8-11-16-28-23(18-26-14-9-2,19-27-15-10-3)20-30-31(29-17-12-13-24)25(21(4)5)22(6)7/h21-22H,8-12,14-20H2,1-7H3/i1D,2D,3D. The lowest BCUT2D eigenvalue weighted by molar-refractivity contribution is -0.154. The van der Waals surface area contributed by atoms with E-state index >= 15 is 0 Å². The van der Waals surface area contributed by atoms with Crippen molar-refractivity contribution >= 4 is 8.53 Å². The summed E-state index contributed by atoms with van der Waals surface area (Å²) >= 11 is 0. The molecule has 0 radical (unpaired) electrons. The van der Waals surface area contributed by atoms with Gasteiger partial charge >= 0.3 is 0 Å². The summed E-state index contributed by atoms with van der Waals surface area (Å²) in [5, 5.41) is 8.95. The van der Waals surface area contributed by atoms with Crippen LogP contribution in [0, 0.1) is 11.3 Å². The topological polar surface area (TPSA) is 73.2 Å². The first-order chi connectivity index (χ1) is 16.4. The van der Waals surface area contributed by atoms with Crippen molar-refractivity contribution in [2.45, 2.75) is 98.2 Å². The van der Waals surface area contributed by atoms with Gasteiger partial charge in [-0.3, -0.25) is 0 Å². The predicted molar refractivity (Wildman–Crippen MR) is 127 cm³/mol. The molecular formula is C23H47N2O5P. The molecule has 0 saturated heterocycles. The van der Waals surface area contributed by atoms with Crippen molar-refractivity contribution in [2.75, 3.05) is 46.2 Å². The molecule has 31 heavy (non-hydrogen) atoms. The van der Waals surface area contributed by atoms with E-state index in [2.05, 4.69) is 38.4 Å². The minimum Gasteiger partial charge on any atom is -0.378 e. The molecule has 0 aromatic rings. The SMILES string of the molecule is [2H]CCCCOC(COCCC[2H])(COCCC[2H])COP(OCCC#N)N(C(C)C)C(C)C. The van der Waals surface area contributed by atoms with Crippen molar-refractivity contribution in [3.8, 4) is 6.07 Å². The maximum Gasteiger partial charge on any atom is 0.259 e. The Kier molecular flexibility index (Phi) is 15.7. The lowest BCUT2D eigenvalue weighted by atomic mass is 10.1. The molecule has 0 bridgehead atoms. The van der Waals surface area contributed by atoms with Crippen LogP contribution in [0.2, 0.25) is 0 Å². The molecule has 1 unspecified atom stereocenters. The van der Waals surface area contributed by atoms with Gasteiger partial charge in [-0.05, 0) is 47.0 Å². The summed E-state index contributed by atoms with van der Waals surface area (Å²) < 4.78 is 54.7. The Morgan fingerprint density at radius 2 is 1.48 bits per heavy atom. The number of hydrogen-bond acceptors (Lipinski definition) is 7. The Balaban J connectivity index is 5.58. The van der Waals surface area contributed by atoms with E-state index in [9.17, 15) is 0 Å². The van der Waals surface area contributed by atoms with E-state index in [-0.39, 0.29) is 44.9 Å². The third-order valence-corrected chi connectivity index (χ3v) is 6.26. The van der Waals surface area contributed by atoms with Crippen LogP contribution in [0.4, 0.5) is 0 Å². The fourth-order valence-corrected chi connectivity index (χ4v) is 4.54. The highest BCUT2D eigenvalue weighted by Gasteiger charge is 2.36. The second-order valence-corrected chi connectivity index (χ2v) is 9.32. The van der Waals surface area contributed by atoms with Crippen LogP contribution < -0.4 is 0 Å². The molecule has 8 heteroatoms. The minimum absolute atomic E-state index is 0.183. The highest BCUT2D eigenvalue weighted by atomic mass is 31.2. The Bertz CT molecular complexity index is 476. The third kappa shape index (κ3) is 13.7. The summed E-state index contributed by atoms with van der Waals surface area (Å²) in [4.78, 5) is 0. The fraction of sp³-hybridized carbons (Fsp3) is 0.957. The molecular weight excluding hydrogens is 415 g/mol. The molecule has 0 aliphatic heterocycles. The average Bonchev–Trinajstić information content (AvgIpc) is 2.80. The summed E-state index contributed by atoms with van der Waals surface area (Å²) in [5.41, 5.74) is -0.870. The van der Waals surface area contributed by atoms with Crippen LogP contribution in [0.5, 0.6) is 0 Å². The molecule has 0 fully saturated rings. The highest BCUT2D eigenvalue weighted by molar-refractivity contribution is 7.44. The number of nitrogens with zero attached hydrogens (tertiary/aromatic N) is 2. The lowest BCUT2D eigenvalue weighted by Crippen LogP contribution is -2.48. The van der Waals surface area contributed by atoms with Crippen molar-refractivity contribution in [3.63, 3.8) is 0 Å². The molecule has 0 amide bonds. The van der Waals surface area contributed by atoms with Crippen LogP contribution in [0.25, 0.3) is 0 Å². The smallest absolute Gasteiger partial charge is 0.259 e. The number of unbranched alkanes of at least 4 members (excludes halogenated alkanes) is 1. The van der Waals surface area contributed by atoms with Gasteiger partial charge in [0.2, 0.25) is 0 Å². The van der Waals surface area contributed by atoms with E-state index in [1.54, 1.807) is 0 Å². The second kappa shape index (κ2) is 19.2. The maximum atomic E-state index is 8.95. The fourth-order valence-electron chi connectivity index (χ4n) is 2.85. The van der Waals surface area contributed by atoms with Gasteiger partial charge in [0.1, 0.15) is 5.60 Å². The molecule has 0 aromatic heterocycles. The molecule has 0 aliphatic carbocycles. The molecule has 0 aliphatic rings. The molecule has 0 spiro atoms. The largest absolute Gasteiger partial charge is 0.378 e. The van der Waals surface area contributed by atoms with Gasteiger partial charge < -0.3 is 23.3 Å². The lowest BCUT2D eigenvalue weighted by Gasteiger charge is -2.39. The first-order valence-corrected chi connectivity index (χ1v) is 12.4. The van der Waals surface area contributed by atoms with Gasteiger partial charge in [0.25, 0.3) is 8.53 Å². The van der Waals surface area contributed by atoms with E-state index in [1.165, 1.54) is 0 Å². The summed E-state index contributed by atoms with van der Waals surface area (Å²) in [6, 6.07) is 2.48. The normalized spacial score (nSPS) is 14.6. The van der Waals surface area contributed by atoms with Gasteiger partial charge in [-0.2, -0.15) is 5.26 Å². The van der Waals surface area contributed by atoms with E-state index in [0.29, 0.717) is 53.4 Å². The van der Waals surface area contributed by atoms with Gasteiger partial charge in [-0.25, -0.2) is 4.67 Å². The summed E-state index contributed by atoms with van der Waals surface area (Å²) in [5.74, 6) is 0. The van der Waals surface area contributed by atoms with Crippen LogP contribution in [-0.4, -0.2) is 68.6 Å². The van der Waals surface area contributed by atoms with Crippen molar-refractivity contribution in [1.29, 1.82) is 5.26 Å². The summed E-state index contributed by atoms with van der Waals surface area (Å²) in [6.07, 6.45) is 3.05. The third-order valence-electron chi connectivity index (χ3n) is 4.21. The van der Waals surface area contributed by atoms with Crippen molar-refractivity contribution < 1.29 is 27.4 Å². The predicted octanol–water partition coefficient (Wildman–Crippen LogP) is 5.69. The van der Waals surface area contributed by atoms with Crippen LogP contribution in [-0.2, 0) is 23.3 Å². The van der Waals surface area contributed by atoms with E-state index in [0.717, 1.165) is 12.8 Å². The number of rotatable bonds is 21. The molecule has 0 saturated carbocycles. The van der Waals surface area contributed by atoms with Crippen LogP contribution in [0.1, 0.15) is 84.6 Å². The zero-order chi connectivity index (χ0) is 25.7. The van der Waals surface area contributed by atoms with Crippen LogP contribution >= 0.6 is 8.53 Å². The monoisotopic (exact) mass is 465 g/mol. The zero-order valence-electron chi connectivity index (χ0n) is 23.1.